The first-order valence-electron chi connectivity index (χ1n) is 39.7. The average molecular weight is 1800 g/mol. The van der Waals surface area contributed by atoms with Gasteiger partial charge in [0.1, 0.15) is 101 Å². The van der Waals surface area contributed by atoms with Crippen LogP contribution in [0.15, 0.2) is 127 Å². The number of primary amides is 1. The Morgan fingerprint density at radius 1 is 0.698 bits per heavy atom. The van der Waals surface area contributed by atoms with Gasteiger partial charge in [0.15, 0.2) is 23.9 Å². The summed E-state index contributed by atoms with van der Waals surface area (Å²) in [6.07, 6.45) is -24.7. The number of fused-ring (bicyclic) bond motifs is 15. The topological polar surface area (TPSA) is 559 Å². The van der Waals surface area contributed by atoms with E-state index in [2.05, 4.69) is 63.4 Å². The van der Waals surface area contributed by atoms with Gasteiger partial charge in [0, 0.05) is 47.9 Å². The lowest BCUT2D eigenvalue weighted by atomic mass is 9.84. The number of carbonyl (C=O) groups is 9. The number of alkyl halides is 3. The van der Waals surface area contributed by atoms with Crippen LogP contribution in [-0.4, -0.2) is 205 Å². The largest absolute Gasteiger partial charge is 0.573 e. The van der Waals surface area contributed by atoms with E-state index in [4.69, 9.17) is 57.4 Å². The van der Waals surface area contributed by atoms with Crippen LogP contribution in [0.3, 0.4) is 0 Å². The lowest BCUT2D eigenvalue weighted by molar-refractivity contribution is -0.334. The third kappa shape index (κ3) is 21.7. The van der Waals surface area contributed by atoms with Crippen molar-refractivity contribution < 1.29 is 135 Å². The molecule has 0 aliphatic carbocycles. The number of hydrogen-bond donors (Lipinski definition) is 21. The fourth-order valence-corrected chi connectivity index (χ4v) is 15.6. The number of carbonyl (C=O) groups excluding carboxylic acids is 9. The van der Waals surface area contributed by atoms with Crippen molar-refractivity contribution in [2.24, 2.45) is 11.7 Å². The minimum atomic E-state index is -4.93. The number of hydrogen-bond acceptors (Lipinski definition) is 28. The quantitative estimate of drug-likeness (QED) is 0.0431. The van der Waals surface area contributed by atoms with Crippen LogP contribution in [0.5, 0.6) is 51.7 Å². The van der Waals surface area contributed by atoms with Gasteiger partial charge >= 0.3 is 6.36 Å². The predicted octanol–water partition coefficient (Wildman–Crippen LogP) is 3.57. The fraction of sp³-hybridized carbons (Fsp3) is 0.393. The van der Waals surface area contributed by atoms with Crippen LogP contribution >= 0.6 is 23.2 Å². The number of halogens is 5. The zero-order valence-corrected chi connectivity index (χ0v) is 69.5. The van der Waals surface area contributed by atoms with Crippen LogP contribution in [0.4, 0.5) is 18.9 Å². The van der Waals surface area contributed by atoms with Crippen molar-refractivity contribution in [1.29, 1.82) is 0 Å². The van der Waals surface area contributed by atoms with Crippen molar-refractivity contribution in [3.63, 3.8) is 0 Å². The summed E-state index contributed by atoms with van der Waals surface area (Å²) in [6.45, 7) is 7.40. The summed E-state index contributed by atoms with van der Waals surface area (Å²) >= 11 is 14.4. The van der Waals surface area contributed by atoms with Gasteiger partial charge in [-0.25, -0.2) is 5.43 Å². The zero-order chi connectivity index (χ0) is 91.2. The van der Waals surface area contributed by atoms with Gasteiger partial charge in [-0.2, -0.15) is 0 Å². The lowest BCUT2D eigenvalue weighted by Gasteiger charge is -2.48. The van der Waals surface area contributed by atoms with Gasteiger partial charge in [-0.3, -0.25) is 48.6 Å². The van der Waals surface area contributed by atoms with Crippen molar-refractivity contribution in [2.45, 2.75) is 182 Å². The summed E-state index contributed by atoms with van der Waals surface area (Å²) in [6, 6.07) is 11.0. The first-order chi connectivity index (χ1) is 59.7. The summed E-state index contributed by atoms with van der Waals surface area (Å²) < 4.78 is 81.9. The number of rotatable bonds is 22. The number of hydrazine groups is 1. The van der Waals surface area contributed by atoms with Gasteiger partial charge in [-0.05, 0) is 151 Å². The smallest absolute Gasteiger partial charge is 0.508 e. The lowest BCUT2D eigenvalue weighted by Crippen LogP contribution is -2.65. The van der Waals surface area contributed by atoms with E-state index in [1.54, 1.807) is 38.1 Å². The van der Waals surface area contributed by atoms with Crippen LogP contribution < -0.4 is 83.4 Å². The van der Waals surface area contributed by atoms with Crippen LogP contribution in [0.1, 0.15) is 123 Å². The number of nitrogens with one attached hydrogen (secondary N) is 11. The molecule has 0 radical (unpaired) electrons. The molecule has 0 aromatic heterocycles. The Balaban J connectivity index is 0.999. The van der Waals surface area contributed by atoms with E-state index in [1.165, 1.54) is 38.2 Å². The van der Waals surface area contributed by atoms with Gasteiger partial charge in [-0.1, -0.05) is 86.4 Å². The molecule has 0 spiro atoms. The number of benzene rings is 7. The van der Waals surface area contributed by atoms with E-state index in [-0.39, 0.29) is 60.7 Å². The normalized spacial score (nSPS) is 25.9. The number of phenols is 3. The molecule has 7 aromatic carbocycles. The average Bonchev–Trinajstić information content (AvgIpc) is 0.767. The Morgan fingerprint density at radius 2 is 1.34 bits per heavy atom. The predicted molar refractivity (Wildman–Crippen MR) is 438 cm³/mol. The maximum atomic E-state index is 16.3. The van der Waals surface area contributed by atoms with Gasteiger partial charge in [0.25, 0.3) is 5.91 Å². The van der Waals surface area contributed by atoms with Gasteiger partial charge in [0.05, 0.1) is 47.7 Å². The number of likely N-dealkylation sites (N-methyl/N-ethyl adjacent to an activating group) is 1. The van der Waals surface area contributed by atoms with Crippen molar-refractivity contribution in [3.8, 4) is 62.9 Å². The SMILES string of the molecule is CCNNC(=O)C1NC(=O)C2NC(=O)C(NC(=O)C3NC(=O)C(CC(N)=O)NC(=O)C(NC(=O)C(CC(C)C)NC)C(O)c4ccc(c(Cl)c4)Oc4cc3cc(c4OC3OC(CO)C(O)C(O)C3OC3CC(C)(NCc4cccc(NC(=O)Cc5ccc(OC(F)(F)F)cc5)c4)C(O)C(C)O3)Oc3ccc(cc3Cl)C2O)c2ccc(O)c(c2)-c2c(O)cc(O)cc21. The first kappa shape index (κ1) is 93.4. The Hall–Kier alpha value is -11.7. The third-order valence-corrected chi connectivity index (χ3v) is 22.2. The molecule has 0 saturated carbocycles. The highest BCUT2D eigenvalue weighted by atomic mass is 35.5. The highest BCUT2D eigenvalue weighted by Gasteiger charge is 2.53. The van der Waals surface area contributed by atoms with E-state index in [9.17, 15) is 78.3 Å². The Morgan fingerprint density at radius 3 is 1.97 bits per heavy atom. The molecule has 42 heteroatoms. The minimum Gasteiger partial charge on any atom is -0.508 e. The number of nitrogens with two attached hydrogens (primary N) is 1. The number of aliphatic hydroxyl groups is 6. The maximum Gasteiger partial charge on any atom is 0.573 e. The minimum absolute atomic E-state index is 0.0103. The summed E-state index contributed by atoms with van der Waals surface area (Å²) in [5, 5.41) is 130. The molecule has 18 unspecified atom stereocenters. The Kier molecular flexibility index (Phi) is 29.2. The molecule has 7 aliphatic heterocycles. The Bertz CT molecular complexity index is 5280. The number of aliphatic hydroxyl groups excluding tert-OH is 6. The standard InChI is InChI=1S/C84H93Cl2F3N12O25/c1-7-93-101-81(119)65-47-29-44(103)30-53(105)62(47)46-24-39(13-18-52(46)104)63-77(115)100-67(80(118)98-65)69(109)41-15-20-55(49(86)26-41)122-57-28-42-27-56(121-54-19-14-40(25-48(54)85)68(108)66(99-75(113)50(91-6)21-35(2)3)79(117)95-51(31-59(90)106)76(114)96-64(42)78(116)97-63)72(57)125-82-73(71(111)70(110)58(34-102)123-82)124-61-32-83(5,74(112)36(4)120-61)92-33-38-9-8-10-43(22-38)94-60(107)23-37-11-16-45(17-12-37)126-84(87,88)89/h8-20,22,24-30,35-36,50-51,58,61,63-71,73-74,82,91-93,102-105,108-112H,7,21,23,31-34H2,1-6H3,(H2,90,106)(H,94,107)(H,95,117)(H,96,114)(H,97,116)(H,98,118)(H,99,113)(H,100,115)(H,101,119). The second kappa shape index (κ2) is 39.4. The van der Waals surface area contributed by atoms with Crippen LogP contribution in [0, 0.1) is 5.92 Å². The molecule has 2 fully saturated rings. The summed E-state index contributed by atoms with van der Waals surface area (Å²) in [5.74, 6) is -16.3. The molecule has 18 atom stereocenters. The summed E-state index contributed by atoms with van der Waals surface area (Å²) in [4.78, 5) is 133. The van der Waals surface area contributed by atoms with E-state index in [0.29, 0.717) is 16.8 Å². The molecule has 7 heterocycles. The molecule has 37 nitrogen and oxygen atoms in total. The molecule has 11 bridgehead atoms. The molecule has 14 rings (SSSR count). The molecule has 9 amide bonds. The highest BCUT2D eigenvalue weighted by molar-refractivity contribution is 6.32. The second-order valence-corrected chi connectivity index (χ2v) is 32.1. The number of amides is 9. The number of phenolic OH excluding ortho intramolecular Hbond substituents is 3. The number of ether oxygens (including phenoxy) is 7. The Labute approximate surface area is 726 Å². The molecule has 126 heavy (non-hydrogen) atoms. The molecule has 2 saturated heterocycles. The van der Waals surface area contributed by atoms with Crippen LogP contribution in [0.2, 0.25) is 10.0 Å². The van der Waals surface area contributed by atoms with Crippen LogP contribution in [0.25, 0.3) is 11.1 Å². The third-order valence-electron chi connectivity index (χ3n) is 21.6. The van der Waals surface area contributed by atoms with Gasteiger partial charge in [-0.15, -0.1) is 13.2 Å². The molecule has 7 aliphatic rings. The van der Waals surface area contributed by atoms with E-state index >= 15 is 24.0 Å². The molecule has 674 valence electrons. The second-order valence-electron chi connectivity index (χ2n) is 31.3. The maximum absolute atomic E-state index is 16.3. The van der Waals surface area contributed by atoms with Crippen molar-refractivity contribution >= 4 is 82.1 Å². The first-order valence-corrected chi connectivity index (χ1v) is 40.4. The van der Waals surface area contributed by atoms with Crippen molar-refractivity contribution in [2.75, 3.05) is 25.5 Å². The fourth-order valence-electron chi connectivity index (χ4n) is 15.2. The zero-order valence-electron chi connectivity index (χ0n) is 68.0. The van der Waals surface area contributed by atoms with Crippen molar-refractivity contribution in [1.82, 2.24) is 53.4 Å². The molecular weight excluding hydrogens is 1700 g/mol. The molecule has 22 N–H and O–H groups in total. The van der Waals surface area contributed by atoms with Crippen molar-refractivity contribution in [3.05, 3.63) is 176 Å². The monoisotopic (exact) mass is 1800 g/mol. The molecule has 7 aromatic rings. The van der Waals surface area contributed by atoms with E-state index in [0.717, 1.165) is 78.9 Å². The number of anilines is 1. The van der Waals surface area contributed by atoms with E-state index in [1.807, 2.05) is 13.8 Å². The van der Waals surface area contributed by atoms with Gasteiger partial charge < -0.3 is 133 Å². The summed E-state index contributed by atoms with van der Waals surface area (Å²) in [5.41, 5.74) is 8.07. The van der Waals surface area contributed by atoms with Crippen LogP contribution in [-0.2, 0) is 70.3 Å². The molecular formula is C84H93Cl2F3N12O25. The summed E-state index contributed by atoms with van der Waals surface area (Å²) in [7, 11) is 1.46. The number of aromatic hydroxyl groups is 3. The van der Waals surface area contributed by atoms with E-state index < -0.39 is 260 Å². The highest BCUT2D eigenvalue weighted by Crippen LogP contribution is 2.50. The van der Waals surface area contributed by atoms with Gasteiger partial charge in [0.2, 0.25) is 59.3 Å².